The van der Waals surface area contributed by atoms with Crippen LogP contribution in [0.25, 0.3) is 0 Å². The molecule has 4 nitrogen and oxygen atoms in total. The Morgan fingerprint density at radius 3 is 2.00 bits per heavy atom. The molecule has 0 amide bonds. The van der Waals surface area contributed by atoms with Crippen LogP contribution in [0.2, 0.25) is 0 Å². The van der Waals surface area contributed by atoms with Gasteiger partial charge < -0.3 is 20.9 Å². The first-order chi connectivity index (χ1) is 9.28. The Kier molecular flexibility index (Phi) is 6.57. The van der Waals surface area contributed by atoms with Gasteiger partial charge >= 0.3 is 0 Å². The Hall–Kier alpha value is -0.160. The Morgan fingerprint density at radius 2 is 1.47 bits per heavy atom. The molecule has 0 saturated carbocycles. The van der Waals surface area contributed by atoms with Gasteiger partial charge in [0, 0.05) is 13.1 Å². The zero-order valence-corrected chi connectivity index (χ0v) is 12.6. The van der Waals surface area contributed by atoms with E-state index < -0.39 is 0 Å². The van der Waals surface area contributed by atoms with E-state index in [2.05, 4.69) is 22.2 Å². The average molecular weight is 268 g/mol. The average Bonchev–Trinajstić information content (AvgIpc) is 2.43. The van der Waals surface area contributed by atoms with Gasteiger partial charge in [0.05, 0.1) is 0 Å². The van der Waals surface area contributed by atoms with Gasteiger partial charge in [-0.05, 0) is 83.8 Å². The number of hydrogen-bond donors (Lipinski definition) is 2. The second kappa shape index (κ2) is 8.20. The molecule has 0 aromatic heterocycles. The molecule has 0 atom stereocenters. The Balaban J connectivity index is 1.52. The highest BCUT2D eigenvalue weighted by Crippen LogP contribution is 2.17. The lowest BCUT2D eigenvalue weighted by Gasteiger charge is -2.33. The fraction of sp³-hybridized carbons (Fsp3) is 1.00. The van der Waals surface area contributed by atoms with Crippen molar-refractivity contribution in [2.24, 2.45) is 17.6 Å². The topological polar surface area (TPSA) is 44.5 Å². The van der Waals surface area contributed by atoms with Crippen LogP contribution in [-0.2, 0) is 0 Å². The Labute approximate surface area is 118 Å². The van der Waals surface area contributed by atoms with Crippen molar-refractivity contribution in [3.8, 4) is 0 Å². The molecule has 0 bridgehead atoms. The molecule has 2 heterocycles. The van der Waals surface area contributed by atoms with Crippen molar-refractivity contribution in [3.05, 3.63) is 0 Å². The zero-order valence-electron chi connectivity index (χ0n) is 12.6. The quantitative estimate of drug-likeness (QED) is 0.740. The molecular weight excluding hydrogens is 236 g/mol. The van der Waals surface area contributed by atoms with Crippen molar-refractivity contribution in [1.82, 2.24) is 15.1 Å². The summed E-state index contributed by atoms with van der Waals surface area (Å²) >= 11 is 0. The molecule has 2 saturated heterocycles. The van der Waals surface area contributed by atoms with Gasteiger partial charge in [-0.3, -0.25) is 0 Å². The molecule has 2 aliphatic rings. The van der Waals surface area contributed by atoms with Crippen molar-refractivity contribution in [2.75, 3.05) is 59.4 Å². The van der Waals surface area contributed by atoms with Gasteiger partial charge in [0.1, 0.15) is 0 Å². The lowest BCUT2D eigenvalue weighted by Crippen LogP contribution is -2.41. The van der Waals surface area contributed by atoms with E-state index >= 15 is 0 Å². The summed E-state index contributed by atoms with van der Waals surface area (Å²) in [6.07, 6.45) is 5.44. The van der Waals surface area contributed by atoms with Gasteiger partial charge in [0.25, 0.3) is 0 Å². The van der Waals surface area contributed by atoms with Crippen LogP contribution in [0.4, 0.5) is 0 Å². The monoisotopic (exact) mass is 268 g/mol. The molecule has 2 rings (SSSR count). The number of nitrogens with one attached hydrogen (secondary N) is 1. The smallest absolute Gasteiger partial charge is 0.0105 e. The zero-order chi connectivity index (χ0) is 13.5. The van der Waals surface area contributed by atoms with Crippen LogP contribution in [0.3, 0.4) is 0 Å². The Bertz CT molecular complexity index is 230. The lowest BCUT2D eigenvalue weighted by molar-refractivity contribution is 0.180. The van der Waals surface area contributed by atoms with E-state index in [-0.39, 0.29) is 0 Å². The molecule has 2 aliphatic heterocycles. The van der Waals surface area contributed by atoms with Gasteiger partial charge in [-0.15, -0.1) is 0 Å². The summed E-state index contributed by atoms with van der Waals surface area (Å²) in [4.78, 5) is 4.96. The van der Waals surface area contributed by atoms with Crippen molar-refractivity contribution in [3.63, 3.8) is 0 Å². The van der Waals surface area contributed by atoms with E-state index in [4.69, 9.17) is 5.73 Å². The first-order valence-electron chi connectivity index (χ1n) is 8.09. The maximum Gasteiger partial charge on any atom is 0.0105 e. The molecule has 0 aliphatic carbocycles. The third-order valence-electron chi connectivity index (χ3n) is 4.86. The lowest BCUT2D eigenvalue weighted by atomic mass is 9.95. The summed E-state index contributed by atoms with van der Waals surface area (Å²) in [5.74, 6) is 1.80. The van der Waals surface area contributed by atoms with Crippen LogP contribution in [0.15, 0.2) is 0 Å². The number of rotatable bonds is 6. The van der Waals surface area contributed by atoms with Gasteiger partial charge in [-0.2, -0.15) is 0 Å². The molecule has 112 valence electrons. The number of nitrogens with zero attached hydrogens (tertiary/aromatic N) is 2. The van der Waals surface area contributed by atoms with Crippen molar-refractivity contribution >= 4 is 0 Å². The maximum atomic E-state index is 5.61. The molecule has 3 N–H and O–H groups in total. The van der Waals surface area contributed by atoms with Crippen molar-refractivity contribution in [2.45, 2.75) is 25.7 Å². The minimum absolute atomic E-state index is 0.805. The third kappa shape index (κ3) is 5.38. The standard InChI is InChI=1S/C15H32N4/c1-18-7-2-14(3-8-18)12-17-13-15-4-9-19(10-5-15)11-6-16/h14-15,17H,2-13,16H2,1H3. The van der Waals surface area contributed by atoms with E-state index in [1.54, 1.807) is 0 Å². The SMILES string of the molecule is CN1CCC(CNCC2CCN(CCN)CC2)CC1. The molecular formula is C15H32N4. The first-order valence-corrected chi connectivity index (χ1v) is 8.09. The highest BCUT2D eigenvalue weighted by Gasteiger charge is 2.20. The molecule has 0 aromatic rings. The molecule has 0 aromatic carbocycles. The van der Waals surface area contributed by atoms with Gasteiger partial charge in [0.15, 0.2) is 0 Å². The first kappa shape index (κ1) is 15.2. The molecule has 19 heavy (non-hydrogen) atoms. The van der Waals surface area contributed by atoms with Crippen LogP contribution < -0.4 is 11.1 Å². The fourth-order valence-corrected chi connectivity index (χ4v) is 3.35. The second-order valence-corrected chi connectivity index (χ2v) is 6.48. The maximum absolute atomic E-state index is 5.61. The number of hydrogen-bond acceptors (Lipinski definition) is 4. The van der Waals surface area contributed by atoms with Crippen molar-refractivity contribution in [1.29, 1.82) is 0 Å². The van der Waals surface area contributed by atoms with Crippen LogP contribution in [0, 0.1) is 11.8 Å². The van der Waals surface area contributed by atoms with E-state index in [1.165, 1.54) is 65.0 Å². The normalized spacial score (nSPS) is 24.9. The Morgan fingerprint density at radius 1 is 0.947 bits per heavy atom. The van der Waals surface area contributed by atoms with E-state index in [0.717, 1.165) is 24.9 Å². The predicted molar refractivity (Wildman–Crippen MR) is 81.3 cm³/mol. The van der Waals surface area contributed by atoms with Crippen LogP contribution in [0.1, 0.15) is 25.7 Å². The van der Waals surface area contributed by atoms with E-state index in [0.29, 0.717) is 0 Å². The summed E-state index contributed by atoms with van der Waals surface area (Å²) < 4.78 is 0. The summed E-state index contributed by atoms with van der Waals surface area (Å²) in [5, 5.41) is 3.72. The number of likely N-dealkylation sites (tertiary alicyclic amines) is 2. The molecule has 2 fully saturated rings. The minimum atomic E-state index is 0.805. The van der Waals surface area contributed by atoms with E-state index in [9.17, 15) is 0 Å². The number of piperidine rings is 2. The van der Waals surface area contributed by atoms with Crippen LogP contribution in [0.5, 0.6) is 0 Å². The molecule has 0 radical (unpaired) electrons. The van der Waals surface area contributed by atoms with Gasteiger partial charge in [-0.1, -0.05) is 0 Å². The van der Waals surface area contributed by atoms with Crippen molar-refractivity contribution < 1.29 is 0 Å². The predicted octanol–water partition coefficient (Wildman–Crippen LogP) is 0.589. The largest absolute Gasteiger partial charge is 0.329 e. The molecule has 4 heteroatoms. The summed E-state index contributed by atoms with van der Waals surface area (Å²) in [6, 6.07) is 0. The second-order valence-electron chi connectivity index (χ2n) is 6.48. The summed E-state index contributed by atoms with van der Waals surface area (Å²) in [7, 11) is 2.23. The highest BCUT2D eigenvalue weighted by atomic mass is 15.1. The fourth-order valence-electron chi connectivity index (χ4n) is 3.35. The molecule has 0 unspecified atom stereocenters. The minimum Gasteiger partial charge on any atom is -0.329 e. The summed E-state index contributed by atoms with van der Waals surface area (Å²) in [5.41, 5.74) is 5.61. The van der Waals surface area contributed by atoms with Crippen LogP contribution >= 0.6 is 0 Å². The van der Waals surface area contributed by atoms with E-state index in [1.807, 2.05) is 0 Å². The van der Waals surface area contributed by atoms with Gasteiger partial charge in [-0.25, -0.2) is 0 Å². The third-order valence-corrected chi connectivity index (χ3v) is 4.86. The molecule has 0 spiro atoms. The van der Waals surface area contributed by atoms with Crippen LogP contribution in [-0.4, -0.2) is 69.2 Å². The van der Waals surface area contributed by atoms with Gasteiger partial charge in [0.2, 0.25) is 0 Å². The number of nitrogens with two attached hydrogens (primary N) is 1. The summed E-state index contributed by atoms with van der Waals surface area (Å²) in [6.45, 7) is 9.40. The highest BCUT2D eigenvalue weighted by molar-refractivity contribution is 4.76.